The summed E-state index contributed by atoms with van der Waals surface area (Å²) in [5.74, 6) is 1.82. The molecule has 0 aliphatic carbocycles. The fourth-order valence-electron chi connectivity index (χ4n) is 4.55. The zero-order valence-electron chi connectivity index (χ0n) is 21.9. The predicted octanol–water partition coefficient (Wildman–Crippen LogP) is 10.4. The van der Waals surface area contributed by atoms with E-state index in [2.05, 4.69) is 17.5 Å². The van der Waals surface area contributed by atoms with Gasteiger partial charge >= 0.3 is 0 Å². The van der Waals surface area contributed by atoms with Crippen LogP contribution in [0, 0.1) is 0 Å². The number of ether oxygens (including phenoxy) is 2. The van der Waals surface area contributed by atoms with E-state index in [0.717, 1.165) is 24.5 Å². The average molecular weight is 487 g/mol. The van der Waals surface area contributed by atoms with Crippen LogP contribution >= 0.6 is 11.3 Å². The second-order valence-electron chi connectivity index (χ2n) is 9.72. The first-order valence-electron chi connectivity index (χ1n) is 14.2. The Balaban J connectivity index is 1.21. The van der Waals surface area contributed by atoms with E-state index in [4.69, 9.17) is 9.47 Å². The molecule has 3 heteroatoms. The molecule has 0 unspecified atom stereocenters. The van der Waals surface area contributed by atoms with Gasteiger partial charge in [-0.3, -0.25) is 0 Å². The highest BCUT2D eigenvalue weighted by Crippen LogP contribution is 2.18. The van der Waals surface area contributed by atoms with E-state index in [0.29, 0.717) is 0 Å². The molecule has 2 aromatic rings. The third-order valence-corrected chi connectivity index (χ3v) is 7.66. The number of unbranched alkanes of at least 4 members (excludes halogenated alkanes) is 17. The molecule has 2 rings (SSSR count). The molecule has 0 spiro atoms. The third kappa shape index (κ3) is 15.4. The summed E-state index contributed by atoms with van der Waals surface area (Å²) in [7, 11) is 1.69. The minimum Gasteiger partial charge on any atom is -0.497 e. The SMILES string of the molecule is COc1ccc(OCCCCCCCCCCCCCCCCCCCCc2cccs2)cc1. The van der Waals surface area contributed by atoms with Crippen molar-refractivity contribution < 1.29 is 9.47 Å². The van der Waals surface area contributed by atoms with Crippen molar-refractivity contribution >= 4 is 11.3 Å². The smallest absolute Gasteiger partial charge is 0.119 e. The Hall–Kier alpha value is -1.48. The maximum absolute atomic E-state index is 5.79. The van der Waals surface area contributed by atoms with E-state index < -0.39 is 0 Å². The van der Waals surface area contributed by atoms with Gasteiger partial charge in [-0.25, -0.2) is 0 Å². The van der Waals surface area contributed by atoms with E-state index >= 15 is 0 Å². The van der Waals surface area contributed by atoms with E-state index in [1.807, 2.05) is 35.6 Å². The summed E-state index contributed by atoms with van der Waals surface area (Å²) in [5, 5.41) is 2.20. The molecule has 34 heavy (non-hydrogen) atoms. The van der Waals surface area contributed by atoms with Gasteiger partial charge < -0.3 is 9.47 Å². The Morgan fingerprint density at radius 3 is 1.41 bits per heavy atom. The lowest BCUT2D eigenvalue weighted by molar-refractivity contribution is 0.303. The zero-order valence-corrected chi connectivity index (χ0v) is 22.7. The van der Waals surface area contributed by atoms with Crippen LogP contribution in [0.25, 0.3) is 0 Å². The summed E-state index contributed by atoms with van der Waals surface area (Å²) in [6.07, 6.45) is 26.6. The highest BCUT2D eigenvalue weighted by molar-refractivity contribution is 7.09. The summed E-state index contributed by atoms with van der Waals surface area (Å²) in [6, 6.07) is 12.3. The second-order valence-corrected chi connectivity index (χ2v) is 10.7. The normalized spacial score (nSPS) is 11.1. The van der Waals surface area contributed by atoms with Crippen LogP contribution in [-0.2, 0) is 6.42 Å². The number of hydrogen-bond donors (Lipinski definition) is 0. The Labute approximate surface area is 214 Å². The lowest BCUT2D eigenvalue weighted by atomic mass is 10.0. The first-order chi connectivity index (χ1) is 16.9. The first kappa shape index (κ1) is 28.8. The molecule has 0 N–H and O–H groups in total. The molecular formula is C31H50O2S. The number of hydrogen-bond acceptors (Lipinski definition) is 3. The zero-order chi connectivity index (χ0) is 23.9. The predicted molar refractivity (Wildman–Crippen MR) is 150 cm³/mol. The molecule has 1 heterocycles. The van der Waals surface area contributed by atoms with Crippen LogP contribution in [0.2, 0.25) is 0 Å². The topological polar surface area (TPSA) is 18.5 Å². The summed E-state index contributed by atoms with van der Waals surface area (Å²) in [6.45, 7) is 0.822. The van der Waals surface area contributed by atoms with E-state index in [1.165, 1.54) is 116 Å². The lowest BCUT2D eigenvalue weighted by Gasteiger charge is -2.07. The van der Waals surface area contributed by atoms with Gasteiger partial charge in [0.1, 0.15) is 11.5 Å². The van der Waals surface area contributed by atoms with Crippen molar-refractivity contribution in [2.45, 2.75) is 122 Å². The number of benzene rings is 1. The van der Waals surface area contributed by atoms with Gasteiger partial charge in [0, 0.05) is 4.88 Å². The van der Waals surface area contributed by atoms with Crippen LogP contribution in [0.1, 0.15) is 120 Å². The van der Waals surface area contributed by atoms with E-state index in [-0.39, 0.29) is 0 Å². The van der Waals surface area contributed by atoms with Gasteiger partial charge in [0.25, 0.3) is 0 Å². The third-order valence-electron chi connectivity index (χ3n) is 6.73. The fraction of sp³-hybridized carbons (Fsp3) is 0.677. The Morgan fingerprint density at radius 1 is 0.529 bits per heavy atom. The quantitative estimate of drug-likeness (QED) is 0.145. The Bertz CT molecular complexity index is 665. The summed E-state index contributed by atoms with van der Waals surface area (Å²) < 4.78 is 11.0. The molecule has 0 saturated heterocycles. The monoisotopic (exact) mass is 486 g/mol. The van der Waals surface area contributed by atoms with Gasteiger partial charge in [-0.05, 0) is 55.0 Å². The largest absolute Gasteiger partial charge is 0.497 e. The van der Waals surface area contributed by atoms with Crippen molar-refractivity contribution in [2.24, 2.45) is 0 Å². The van der Waals surface area contributed by atoms with Crippen LogP contribution in [-0.4, -0.2) is 13.7 Å². The van der Waals surface area contributed by atoms with Crippen molar-refractivity contribution in [3.63, 3.8) is 0 Å². The molecule has 0 aliphatic heterocycles. The van der Waals surface area contributed by atoms with Crippen LogP contribution in [0.15, 0.2) is 41.8 Å². The van der Waals surface area contributed by atoms with Crippen LogP contribution < -0.4 is 9.47 Å². The van der Waals surface area contributed by atoms with Gasteiger partial charge in [0.15, 0.2) is 0 Å². The molecule has 2 nitrogen and oxygen atoms in total. The Kier molecular flexibility index (Phi) is 17.6. The summed E-state index contributed by atoms with van der Waals surface area (Å²) in [4.78, 5) is 1.56. The van der Waals surface area contributed by atoms with Crippen molar-refractivity contribution in [3.8, 4) is 11.5 Å². The first-order valence-corrected chi connectivity index (χ1v) is 15.1. The molecule has 0 atom stereocenters. The van der Waals surface area contributed by atoms with Gasteiger partial charge in [-0.1, -0.05) is 109 Å². The summed E-state index contributed by atoms with van der Waals surface area (Å²) >= 11 is 1.91. The molecule has 1 aromatic heterocycles. The molecule has 192 valence electrons. The van der Waals surface area contributed by atoms with E-state index in [1.54, 1.807) is 12.0 Å². The number of rotatable bonds is 23. The average Bonchev–Trinajstić information content (AvgIpc) is 3.39. The fourth-order valence-corrected chi connectivity index (χ4v) is 5.30. The van der Waals surface area contributed by atoms with Crippen LogP contribution in [0.5, 0.6) is 11.5 Å². The molecule has 0 aliphatic rings. The van der Waals surface area contributed by atoms with Gasteiger partial charge in [-0.15, -0.1) is 11.3 Å². The van der Waals surface area contributed by atoms with Gasteiger partial charge in [0.05, 0.1) is 13.7 Å². The standard InChI is InChI=1S/C31H50O2S/c1-32-29-23-25-30(26-24-29)33-27-19-17-15-13-11-9-7-5-3-2-4-6-8-10-12-14-16-18-21-31-22-20-28-34-31/h20,22-26,28H,2-19,21,27H2,1H3. The minimum atomic E-state index is 0.822. The second kappa shape index (κ2) is 20.9. The molecule has 0 bridgehead atoms. The maximum atomic E-state index is 5.79. The van der Waals surface area contributed by atoms with Crippen LogP contribution in [0.4, 0.5) is 0 Å². The van der Waals surface area contributed by atoms with Crippen molar-refractivity contribution in [1.82, 2.24) is 0 Å². The van der Waals surface area contributed by atoms with Crippen molar-refractivity contribution in [1.29, 1.82) is 0 Å². The molecule has 0 radical (unpaired) electrons. The van der Waals surface area contributed by atoms with Gasteiger partial charge in [0.2, 0.25) is 0 Å². The van der Waals surface area contributed by atoms with Crippen LogP contribution in [0.3, 0.4) is 0 Å². The Morgan fingerprint density at radius 2 is 0.971 bits per heavy atom. The highest BCUT2D eigenvalue weighted by atomic mass is 32.1. The number of aryl methyl sites for hydroxylation is 1. The lowest BCUT2D eigenvalue weighted by Crippen LogP contribution is -1.97. The molecular weight excluding hydrogens is 436 g/mol. The van der Waals surface area contributed by atoms with Gasteiger partial charge in [-0.2, -0.15) is 0 Å². The highest BCUT2D eigenvalue weighted by Gasteiger charge is 1.98. The van der Waals surface area contributed by atoms with E-state index in [9.17, 15) is 0 Å². The minimum absolute atomic E-state index is 0.822. The van der Waals surface area contributed by atoms with Crippen molar-refractivity contribution in [2.75, 3.05) is 13.7 Å². The molecule has 0 saturated carbocycles. The molecule has 0 fully saturated rings. The summed E-state index contributed by atoms with van der Waals surface area (Å²) in [5.41, 5.74) is 0. The number of thiophene rings is 1. The molecule has 1 aromatic carbocycles. The molecule has 0 amide bonds. The number of methoxy groups -OCH3 is 1. The van der Waals surface area contributed by atoms with Crippen molar-refractivity contribution in [3.05, 3.63) is 46.7 Å². The maximum Gasteiger partial charge on any atom is 0.119 e.